The van der Waals surface area contributed by atoms with E-state index in [1.807, 2.05) is 48.5 Å². The summed E-state index contributed by atoms with van der Waals surface area (Å²) in [6, 6.07) is 15.2. The Morgan fingerprint density at radius 2 is 1.97 bits per heavy atom. The zero-order valence-corrected chi connectivity index (χ0v) is 19.0. The minimum absolute atomic E-state index is 0.00435. The average Bonchev–Trinajstić information content (AvgIpc) is 2.76. The first-order chi connectivity index (χ1) is 14.9. The van der Waals surface area contributed by atoms with Gasteiger partial charge in [-0.2, -0.15) is 0 Å². The monoisotopic (exact) mass is 457 g/mol. The van der Waals surface area contributed by atoms with Crippen molar-refractivity contribution in [1.29, 1.82) is 0 Å². The van der Waals surface area contributed by atoms with E-state index in [1.165, 1.54) is 11.8 Å². The highest BCUT2D eigenvalue weighted by Crippen LogP contribution is 2.22. The van der Waals surface area contributed by atoms with Crippen molar-refractivity contribution in [2.75, 3.05) is 13.7 Å². The molecule has 1 heterocycles. The van der Waals surface area contributed by atoms with Gasteiger partial charge in [0, 0.05) is 28.6 Å². The summed E-state index contributed by atoms with van der Waals surface area (Å²) in [5.41, 5.74) is 2.81. The zero-order valence-electron chi connectivity index (χ0n) is 17.4. The molecule has 0 aliphatic carbocycles. The smallest absolute Gasteiger partial charge is 0.255 e. The van der Waals surface area contributed by atoms with Crippen molar-refractivity contribution in [3.63, 3.8) is 0 Å². The number of halogens is 1. The van der Waals surface area contributed by atoms with Gasteiger partial charge in [-0.05, 0) is 48.7 Å². The van der Waals surface area contributed by atoms with E-state index in [2.05, 4.69) is 15.3 Å². The number of benzene rings is 2. The number of carbonyl (C=O) groups excluding carboxylic acids is 1. The fourth-order valence-corrected chi connectivity index (χ4v) is 3.97. The van der Waals surface area contributed by atoms with Crippen LogP contribution in [0.2, 0.25) is 5.02 Å². The number of aryl methyl sites for hydroxylation is 1. The molecule has 0 aliphatic heterocycles. The second kappa shape index (κ2) is 11.0. The Bertz CT molecular complexity index is 1100. The van der Waals surface area contributed by atoms with Gasteiger partial charge in [-0.1, -0.05) is 47.6 Å². The zero-order chi connectivity index (χ0) is 22.2. The number of methoxy groups -OCH3 is 1. The standard InChI is InChI=1S/C23H24ClN3O3S/c1-15-20(13-21(28)25-11-10-16-6-8-18(24)9-7-16)22(29)27-23(26-15)31-14-17-4-3-5-19(12-17)30-2/h3-9,12H,10-11,13-14H2,1-2H3,(H,25,28)(H,26,27,29). The van der Waals surface area contributed by atoms with E-state index in [0.29, 0.717) is 40.2 Å². The highest BCUT2D eigenvalue weighted by atomic mass is 35.5. The Kier molecular flexibility index (Phi) is 8.14. The van der Waals surface area contributed by atoms with Gasteiger partial charge in [0.15, 0.2) is 5.16 Å². The van der Waals surface area contributed by atoms with Gasteiger partial charge in [-0.3, -0.25) is 9.59 Å². The third kappa shape index (κ3) is 6.87. The number of nitrogens with zero attached hydrogens (tertiary/aromatic N) is 1. The molecule has 8 heteroatoms. The number of H-pyrrole nitrogens is 1. The largest absolute Gasteiger partial charge is 0.497 e. The van der Waals surface area contributed by atoms with Crippen LogP contribution in [0, 0.1) is 6.92 Å². The summed E-state index contributed by atoms with van der Waals surface area (Å²) in [4.78, 5) is 32.0. The van der Waals surface area contributed by atoms with Crippen molar-refractivity contribution >= 4 is 29.3 Å². The SMILES string of the molecule is COc1cccc(CSc2nc(C)c(CC(=O)NCCc3ccc(Cl)cc3)c(=O)[nH]2)c1. The molecule has 6 nitrogen and oxygen atoms in total. The van der Waals surface area contributed by atoms with E-state index in [1.54, 1.807) is 14.0 Å². The Hall–Kier alpha value is -2.77. The predicted octanol–water partition coefficient (Wildman–Crippen LogP) is 3.93. The highest BCUT2D eigenvalue weighted by molar-refractivity contribution is 7.98. The van der Waals surface area contributed by atoms with E-state index in [9.17, 15) is 9.59 Å². The number of nitrogens with one attached hydrogen (secondary N) is 2. The summed E-state index contributed by atoms with van der Waals surface area (Å²) in [7, 11) is 1.63. The fraction of sp³-hybridized carbons (Fsp3) is 0.261. The summed E-state index contributed by atoms with van der Waals surface area (Å²) < 4.78 is 5.23. The molecule has 0 aliphatic rings. The quantitative estimate of drug-likeness (QED) is 0.375. The van der Waals surface area contributed by atoms with Gasteiger partial charge in [0.05, 0.1) is 13.5 Å². The Labute approximate surface area is 190 Å². The molecule has 0 spiro atoms. The Balaban J connectivity index is 1.54. The van der Waals surface area contributed by atoms with Gasteiger partial charge in [0.1, 0.15) is 5.75 Å². The minimum Gasteiger partial charge on any atom is -0.497 e. The number of amides is 1. The van der Waals surface area contributed by atoms with Crippen LogP contribution < -0.4 is 15.6 Å². The lowest BCUT2D eigenvalue weighted by atomic mass is 10.1. The molecule has 3 rings (SSSR count). The third-order valence-corrected chi connectivity index (χ3v) is 5.89. The van der Waals surface area contributed by atoms with Gasteiger partial charge in [-0.25, -0.2) is 4.98 Å². The molecule has 0 bridgehead atoms. The molecule has 2 N–H and O–H groups in total. The molecule has 3 aromatic rings. The highest BCUT2D eigenvalue weighted by Gasteiger charge is 2.13. The first-order valence-electron chi connectivity index (χ1n) is 9.81. The number of ether oxygens (including phenoxy) is 1. The normalized spacial score (nSPS) is 10.7. The molecule has 0 saturated carbocycles. The molecular formula is C23H24ClN3O3S. The van der Waals surface area contributed by atoms with Crippen LogP contribution in [0.15, 0.2) is 58.5 Å². The minimum atomic E-state index is -0.284. The predicted molar refractivity (Wildman–Crippen MR) is 124 cm³/mol. The number of hydrogen-bond acceptors (Lipinski definition) is 5. The second-order valence-corrected chi connectivity index (χ2v) is 8.38. The lowest BCUT2D eigenvalue weighted by Gasteiger charge is -2.09. The maximum atomic E-state index is 12.5. The van der Waals surface area contributed by atoms with E-state index in [0.717, 1.165) is 16.9 Å². The van der Waals surface area contributed by atoms with Gasteiger partial charge < -0.3 is 15.0 Å². The van der Waals surface area contributed by atoms with Crippen LogP contribution >= 0.6 is 23.4 Å². The van der Waals surface area contributed by atoms with Crippen molar-refractivity contribution in [2.45, 2.75) is 30.7 Å². The van der Waals surface area contributed by atoms with Crippen molar-refractivity contribution in [3.8, 4) is 5.75 Å². The molecule has 0 saturated heterocycles. The van der Waals surface area contributed by atoms with E-state index in [-0.39, 0.29) is 17.9 Å². The van der Waals surface area contributed by atoms with Gasteiger partial charge >= 0.3 is 0 Å². The summed E-state index contributed by atoms with van der Waals surface area (Å²) in [6.07, 6.45) is 0.686. The Morgan fingerprint density at radius 3 is 2.68 bits per heavy atom. The fourth-order valence-electron chi connectivity index (χ4n) is 3.00. The lowest BCUT2D eigenvalue weighted by molar-refractivity contribution is -0.120. The number of thioether (sulfide) groups is 1. The number of aromatic amines is 1. The molecule has 162 valence electrons. The summed E-state index contributed by atoms with van der Waals surface area (Å²) >= 11 is 7.30. The van der Waals surface area contributed by atoms with Crippen LogP contribution in [0.5, 0.6) is 5.75 Å². The van der Waals surface area contributed by atoms with Crippen molar-refractivity contribution < 1.29 is 9.53 Å². The molecule has 0 fully saturated rings. The summed E-state index contributed by atoms with van der Waals surface area (Å²) in [5, 5.41) is 4.06. The molecule has 31 heavy (non-hydrogen) atoms. The summed E-state index contributed by atoms with van der Waals surface area (Å²) in [6.45, 7) is 2.24. The van der Waals surface area contributed by atoms with Crippen molar-refractivity contribution in [1.82, 2.24) is 15.3 Å². The third-order valence-electron chi connectivity index (χ3n) is 4.70. The second-order valence-electron chi connectivity index (χ2n) is 6.98. The topological polar surface area (TPSA) is 84.1 Å². The van der Waals surface area contributed by atoms with Crippen LogP contribution in [-0.4, -0.2) is 29.5 Å². The van der Waals surface area contributed by atoms with E-state index in [4.69, 9.17) is 16.3 Å². The van der Waals surface area contributed by atoms with E-state index < -0.39 is 0 Å². The maximum Gasteiger partial charge on any atom is 0.255 e. The van der Waals surface area contributed by atoms with Gasteiger partial charge in [-0.15, -0.1) is 0 Å². The molecule has 1 aromatic heterocycles. The molecule has 2 aromatic carbocycles. The molecule has 0 radical (unpaired) electrons. The van der Waals surface area contributed by atoms with Crippen LogP contribution in [0.1, 0.15) is 22.4 Å². The first-order valence-corrected chi connectivity index (χ1v) is 11.2. The number of aromatic nitrogens is 2. The molecular weight excluding hydrogens is 434 g/mol. The van der Waals surface area contributed by atoms with Crippen molar-refractivity contribution in [3.05, 3.63) is 86.3 Å². The van der Waals surface area contributed by atoms with E-state index >= 15 is 0 Å². The summed E-state index contributed by atoms with van der Waals surface area (Å²) in [5.74, 6) is 1.22. The number of carbonyl (C=O) groups is 1. The van der Waals surface area contributed by atoms with Crippen LogP contribution in [-0.2, 0) is 23.4 Å². The van der Waals surface area contributed by atoms with Crippen LogP contribution in [0.3, 0.4) is 0 Å². The number of hydrogen-bond donors (Lipinski definition) is 2. The molecule has 1 amide bonds. The van der Waals surface area contributed by atoms with Crippen molar-refractivity contribution in [2.24, 2.45) is 0 Å². The van der Waals surface area contributed by atoms with Crippen LogP contribution in [0.4, 0.5) is 0 Å². The Morgan fingerprint density at radius 1 is 1.19 bits per heavy atom. The first kappa shape index (κ1) is 22.9. The average molecular weight is 458 g/mol. The molecule has 0 atom stereocenters. The maximum absolute atomic E-state index is 12.5. The lowest BCUT2D eigenvalue weighted by Crippen LogP contribution is -2.30. The molecule has 0 unspecified atom stereocenters. The van der Waals surface area contributed by atoms with Crippen LogP contribution in [0.25, 0.3) is 0 Å². The van der Waals surface area contributed by atoms with Gasteiger partial charge in [0.25, 0.3) is 5.56 Å². The van der Waals surface area contributed by atoms with Gasteiger partial charge in [0.2, 0.25) is 5.91 Å². The number of rotatable bonds is 9.